The van der Waals surface area contributed by atoms with E-state index in [1.165, 1.54) is 0 Å². The third kappa shape index (κ3) is 6.34. The van der Waals surface area contributed by atoms with Gasteiger partial charge in [-0.25, -0.2) is 19.9 Å². The van der Waals surface area contributed by atoms with Gasteiger partial charge in [0.1, 0.15) is 11.2 Å². The summed E-state index contributed by atoms with van der Waals surface area (Å²) in [7, 11) is 0. The fourth-order valence-electron chi connectivity index (χ4n) is 7.13. The van der Waals surface area contributed by atoms with Crippen LogP contribution in [0.15, 0.2) is 199 Å². The first-order valence-corrected chi connectivity index (χ1v) is 18.3. The van der Waals surface area contributed by atoms with Crippen LogP contribution in [0.2, 0.25) is 0 Å². The first kappa shape index (κ1) is 32.2. The highest BCUT2D eigenvalue weighted by molar-refractivity contribution is 6.06. The zero-order valence-corrected chi connectivity index (χ0v) is 29.7. The van der Waals surface area contributed by atoms with Crippen LogP contribution in [0.1, 0.15) is 0 Å². The molecule has 0 N–H and O–H groups in total. The molecular formula is C50H32N4O. The van der Waals surface area contributed by atoms with Gasteiger partial charge in [0.25, 0.3) is 0 Å². The fourth-order valence-corrected chi connectivity index (χ4v) is 7.13. The summed E-state index contributed by atoms with van der Waals surface area (Å²) in [5.74, 6) is 1.32. The van der Waals surface area contributed by atoms with Crippen LogP contribution in [0.25, 0.3) is 101 Å². The Morgan fingerprint density at radius 3 is 1.16 bits per heavy atom. The van der Waals surface area contributed by atoms with Gasteiger partial charge in [-0.05, 0) is 59.7 Å². The molecule has 0 unspecified atom stereocenters. The molecule has 5 nitrogen and oxygen atoms in total. The normalized spacial score (nSPS) is 11.3. The lowest BCUT2D eigenvalue weighted by molar-refractivity contribution is 0.669. The van der Waals surface area contributed by atoms with Gasteiger partial charge in [-0.15, -0.1) is 0 Å². The Bertz CT molecular complexity index is 2700. The van der Waals surface area contributed by atoms with Crippen LogP contribution in [0, 0.1) is 0 Å². The Balaban J connectivity index is 1.23. The molecule has 0 saturated heterocycles. The summed E-state index contributed by atoms with van der Waals surface area (Å²) < 4.78 is 6.22. The third-order valence-corrected chi connectivity index (χ3v) is 9.89. The average Bonchev–Trinajstić information content (AvgIpc) is 3.65. The highest BCUT2D eigenvalue weighted by atomic mass is 16.3. The average molecular weight is 705 g/mol. The van der Waals surface area contributed by atoms with Crippen LogP contribution in [-0.4, -0.2) is 19.9 Å². The molecule has 0 atom stereocenters. The number of fused-ring (bicyclic) bond motifs is 3. The summed E-state index contributed by atoms with van der Waals surface area (Å²) in [4.78, 5) is 20.6. The van der Waals surface area contributed by atoms with E-state index >= 15 is 0 Å². The molecule has 0 bridgehead atoms. The molecule has 0 fully saturated rings. The molecule has 0 amide bonds. The number of nitrogens with zero attached hydrogens (tertiary/aromatic N) is 4. The zero-order chi connectivity index (χ0) is 36.6. The van der Waals surface area contributed by atoms with Crippen LogP contribution in [0.3, 0.4) is 0 Å². The standard InChI is InChI=1S/C50H32N4O/c1-5-15-33(16-6-1)43-31-45(53-49(51-43)35-19-9-3-10-20-35)39-27-38(37-25-26-48-42(30-37)41-23-13-14-24-47(41)55-48)28-40(29-39)46-32-44(34-17-7-2-8-18-34)52-50(54-46)36-21-11-4-12-22-36/h1-32H. The second kappa shape index (κ2) is 13.8. The van der Waals surface area contributed by atoms with Crippen molar-refractivity contribution in [3.8, 4) is 78.9 Å². The molecule has 0 radical (unpaired) electrons. The highest BCUT2D eigenvalue weighted by Crippen LogP contribution is 2.38. The number of furan rings is 1. The van der Waals surface area contributed by atoms with Crippen molar-refractivity contribution >= 4 is 21.9 Å². The fraction of sp³-hybridized carbons (Fsp3) is 0. The van der Waals surface area contributed by atoms with Crippen molar-refractivity contribution in [2.24, 2.45) is 0 Å². The van der Waals surface area contributed by atoms with Crippen molar-refractivity contribution < 1.29 is 4.42 Å². The lowest BCUT2D eigenvalue weighted by Crippen LogP contribution is -1.98. The van der Waals surface area contributed by atoms with E-state index in [1.54, 1.807) is 0 Å². The van der Waals surface area contributed by atoms with Gasteiger partial charge in [0, 0.05) is 44.2 Å². The molecule has 0 aliphatic carbocycles. The van der Waals surface area contributed by atoms with Crippen LogP contribution in [0.4, 0.5) is 0 Å². The lowest BCUT2D eigenvalue weighted by atomic mass is 9.95. The van der Waals surface area contributed by atoms with Gasteiger partial charge in [0.05, 0.1) is 22.8 Å². The first-order valence-electron chi connectivity index (χ1n) is 18.3. The monoisotopic (exact) mass is 704 g/mol. The molecule has 0 spiro atoms. The van der Waals surface area contributed by atoms with Crippen molar-refractivity contribution in [3.63, 3.8) is 0 Å². The molecule has 5 heteroatoms. The predicted molar refractivity (Wildman–Crippen MR) is 223 cm³/mol. The van der Waals surface area contributed by atoms with E-state index in [4.69, 9.17) is 24.4 Å². The minimum atomic E-state index is 0.662. The summed E-state index contributed by atoms with van der Waals surface area (Å²) in [6, 6.07) is 66.3. The minimum absolute atomic E-state index is 0.662. The summed E-state index contributed by atoms with van der Waals surface area (Å²) >= 11 is 0. The molecule has 3 aromatic heterocycles. The van der Waals surface area contributed by atoms with Crippen molar-refractivity contribution in [1.29, 1.82) is 0 Å². The topological polar surface area (TPSA) is 64.7 Å². The predicted octanol–water partition coefficient (Wildman–Crippen LogP) is 12.8. The van der Waals surface area contributed by atoms with Crippen LogP contribution in [0.5, 0.6) is 0 Å². The van der Waals surface area contributed by atoms with Crippen LogP contribution >= 0.6 is 0 Å². The van der Waals surface area contributed by atoms with E-state index in [2.05, 4.69) is 109 Å². The maximum atomic E-state index is 6.22. The van der Waals surface area contributed by atoms with Gasteiger partial charge < -0.3 is 4.42 Å². The summed E-state index contributed by atoms with van der Waals surface area (Å²) in [5.41, 5.74) is 13.0. The molecule has 7 aromatic carbocycles. The molecule has 0 aliphatic rings. The van der Waals surface area contributed by atoms with Crippen molar-refractivity contribution in [1.82, 2.24) is 19.9 Å². The number of aromatic nitrogens is 4. The van der Waals surface area contributed by atoms with Gasteiger partial charge in [-0.1, -0.05) is 146 Å². The molecule has 10 aromatic rings. The second-order valence-corrected chi connectivity index (χ2v) is 13.5. The number of hydrogen-bond donors (Lipinski definition) is 0. The highest BCUT2D eigenvalue weighted by Gasteiger charge is 2.17. The second-order valence-electron chi connectivity index (χ2n) is 13.5. The Kier molecular flexibility index (Phi) is 8.08. The van der Waals surface area contributed by atoms with E-state index in [0.29, 0.717) is 11.6 Å². The molecule has 258 valence electrons. The Morgan fingerprint density at radius 2 is 0.655 bits per heavy atom. The summed E-state index contributed by atoms with van der Waals surface area (Å²) in [6.07, 6.45) is 0. The first-order chi connectivity index (χ1) is 27.2. The van der Waals surface area contributed by atoms with Gasteiger partial charge in [-0.3, -0.25) is 0 Å². The summed E-state index contributed by atoms with van der Waals surface area (Å²) in [6.45, 7) is 0. The Labute approximate surface area is 318 Å². The molecule has 0 aliphatic heterocycles. The van der Waals surface area contributed by atoms with E-state index in [9.17, 15) is 0 Å². The largest absolute Gasteiger partial charge is 0.456 e. The smallest absolute Gasteiger partial charge is 0.160 e. The molecule has 3 heterocycles. The number of para-hydroxylation sites is 1. The number of hydrogen-bond acceptors (Lipinski definition) is 5. The molecule has 0 saturated carbocycles. The minimum Gasteiger partial charge on any atom is -0.456 e. The van der Waals surface area contributed by atoms with Gasteiger partial charge >= 0.3 is 0 Å². The SMILES string of the molecule is c1ccc(-c2cc(-c3cc(-c4ccc5oc6ccccc6c5c4)cc(-c4cc(-c5ccccc5)nc(-c5ccccc5)n4)c3)nc(-c3ccccc3)n2)cc1. The molecular weight excluding hydrogens is 673 g/mol. The van der Waals surface area contributed by atoms with Crippen molar-refractivity contribution in [2.75, 3.05) is 0 Å². The van der Waals surface area contributed by atoms with E-state index in [-0.39, 0.29) is 0 Å². The quantitative estimate of drug-likeness (QED) is 0.165. The van der Waals surface area contributed by atoms with Gasteiger partial charge in [0.2, 0.25) is 0 Å². The maximum Gasteiger partial charge on any atom is 0.160 e. The Hall–Kier alpha value is -7.50. The Morgan fingerprint density at radius 1 is 0.255 bits per heavy atom. The van der Waals surface area contributed by atoms with Crippen LogP contribution in [-0.2, 0) is 0 Å². The van der Waals surface area contributed by atoms with Gasteiger partial charge in [0.15, 0.2) is 11.6 Å². The number of benzene rings is 7. The number of rotatable bonds is 7. The van der Waals surface area contributed by atoms with E-state index in [1.807, 2.05) is 84.9 Å². The van der Waals surface area contributed by atoms with Crippen molar-refractivity contribution in [3.05, 3.63) is 194 Å². The van der Waals surface area contributed by atoms with Crippen LogP contribution < -0.4 is 0 Å². The zero-order valence-electron chi connectivity index (χ0n) is 29.7. The molecule has 55 heavy (non-hydrogen) atoms. The summed E-state index contributed by atoms with van der Waals surface area (Å²) in [5, 5.41) is 2.15. The lowest BCUT2D eigenvalue weighted by Gasteiger charge is -2.14. The van der Waals surface area contributed by atoms with Crippen molar-refractivity contribution in [2.45, 2.75) is 0 Å². The van der Waals surface area contributed by atoms with E-state index in [0.717, 1.165) is 89.2 Å². The van der Waals surface area contributed by atoms with E-state index < -0.39 is 0 Å². The third-order valence-electron chi connectivity index (χ3n) is 9.89. The maximum absolute atomic E-state index is 6.22. The molecule has 10 rings (SSSR count). The van der Waals surface area contributed by atoms with Gasteiger partial charge in [-0.2, -0.15) is 0 Å².